The van der Waals surface area contributed by atoms with Gasteiger partial charge in [-0.2, -0.15) is 0 Å². The number of fused-ring (bicyclic) bond motifs is 1. The van der Waals surface area contributed by atoms with Crippen LogP contribution in [0.25, 0.3) is 10.2 Å². The van der Waals surface area contributed by atoms with Crippen molar-refractivity contribution in [2.45, 2.75) is 46.3 Å². The Morgan fingerprint density at radius 1 is 1.36 bits per heavy atom. The Kier molecular flexibility index (Phi) is 5.03. The molecule has 0 radical (unpaired) electrons. The van der Waals surface area contributed by atoms with Crippen LogP contribution in [0.15, 0.2) is 29.3 Å². The van der Waals surface area contributed by atoms with Gasteiger partial charge in [0, 0.05) is 12.3 Å². The number of ether oxygens (including phenoxy) is 1. The molecule has 7 heteroatoms. The Morgan fingerprint density at radius 3 is 2.89 bits per heavy atom. The normalized spacial score (nSPS) is 16.6. The summed E-state index contributed by atoms with van der Waals surface area (Å²) in [6.07, 6.45) is 3.60. The predicted molar refractivity (Wildman–Crippen MR) is 111 cm³/mol. The number of amides is 1. The zero-order valence-corrected chi connectivity index (χ0v) is 17.1. The number of carbonyl (C=O) groups is 1. The maximum absolute atomic E-state index is 13.0. The van der Waals surface area contributed by atoms with Gasteiger partial charge in [-0.15, -0.1) is 11.3 Å². The summed E-state index contributed by atoms with van der Waals surface area (Å²) < 4.78 is 7.24. The number of anilines is 1. The first-order chi connectivity index (χ1) is 13.4. The van der Waals surface area contributed by atoms with Crippen molar-refractivity contribution in [2.75, 3.05) is 11.9 Å². The number of hydrogen-bond acceptors (Lipinski definition) is 5. The van der Waals surface area contributed by atoms with E-state index >= 15 is 0 Å². The molecule has 1 aromatic carbocycles. The fourth-order valence-corrected chi connectivity index (χ4v) is 4.68. The predicted octanol–water partition coefficient (Wildman–Crippen LogP) is 3.81. The number of nitrogens with zero attached hydrogens (tertiary/aromatic N) is 2. The van der Waals surface area contributed by atoms with Gasteiger partial charge in [0.05, 0.1) is 29.2 Å². The molecule has 28 heavy (non-hydrogen) atoms. The van der Waals surface area contributed by atoms with Gasteiger partial charge in [-0.05, 0) is 50.8 Å². The number of thiophene rings is 1. The molecule has 2 aromatic heterocycles. The zero-order chi connectivity index (χ0) is 19.8. The van der Waals surface area contributed by atoms with Crippen molar-refractivity contribution in [3.63, 3.8) is 0 Å². The largest absolute Gasteiger partial charge is 0.376 e. The molecule has 0 spiro atoms. The Balaban J connectivity index is 1.66. The molecule has 1 atom stereocenters. The van der Waals surface area contributed by atoms with E-state index in [0.29, 0.717) is 27.2 Å². The van der Waals surface area contributed by atoms with Crippen LogP contribution >= 0.6 is 11.3 Å². The molecule has 3 heterocycles. The van der Waals surface area contributed by atoms with E-state index in [2.05, 4.69) is 10.3 Å². The van der Waals surface area contributed by atoms with Crippen molar-refractivity contribution in [2.24, 2.45) is 0 Å². The Hall–Kier alpha value is -2.51. The lowest BCUT2D eigenvalue weighted by atomic mass is 10.1. The number of rotatable bonds is 4. The molecule has 3 aromatic rings. The Morgan fingerprint density at radius 2 is 2.18 bits per heavy atom. The molecule has 0 bridgehead atoms. The molecule has 146 valence electrons. The maximum atomic E-state index is 13.0. The molecule has 1 aliphatic rings. The van der Waals surface area contributed by atoms with Gasteiger partial charge in [-0.1, -0.05) is 17.7 Å². The molecule has 1 N–H and O–H groups in total. The second-order valence-electron chi connectivity index (χ2n) is 7.35. The van der Waals surface area contributed by atoms with E-state index in [4.69, 9.17) is 4.74 Å². The molecule has 1 fully saturated rings. The van der Waals surface area contributed by atoms with E-state index in [-0.39, 0.29) is 17.6 Å². The van der Waals surface area contributed by atoms with Gasteiger partial charge >= 0.3 is 0 Å². The minimum absolute atomic E-state index is 0.0585. The number of carbonyl (C=O) groups excluding carboxylic acids is 1. The molecule has 0 saturated carbocycles. The second-order valence-corrected chi connectivity index (χ2v) is 8.35. The van der Waals surface area contributed by atoms with Gasteiger partial charge in [0.15, 0.2) is 0 Å². The van der Waals surface area contributed by atoms with Crippen LogP contribution in [0.4, 0.5) is 5.69 Å². The molecule has 6 nitrogen and oxygen atoms in total. The Labute approximate surface area is 167 Å². The van der Waals surface area contributed by atoms with Crippen molar-refractivity contribution in [1.82, 2.24) is 9.55 Å². The van der Waals surface area contributed by atoms with Crippen molar-refractivity contribution >= 4 is 33.1 Å². The van der Waals surface area contributed by atoms with Crippen molar-refractivity contribution in [1.29, 1.82) is 0 Å². The standard InChI is InChI=1S/C21H23N3O3S/c1-12-6-7-16(13(2)9-12)23-19(25)18-14(3)17-20(28-18)22-11-24(21(17)26)10-15-5-4-8-27-15/h6-7,9,11,15H,4-5,8,10H2,1-3H3,(H,23,25). The van der Waals surface area contributed by atoms with Crippen LogP contribution in [0.3, 0.4) is 0 Å². The van der Waals surface area contributed by atoms with Crippen LogP contribution in [0.5, 0.6) is 0 Å². The van der Waals surface area contributed by atoms with Crippen LogP contribution in [0.2, 0.25) is 0 Å². The van der Waals surface area contributed by atoms with Gasteiger partial charge < -0.3 is 10.1 Å². The second kappa shape index (κ2) is 7.48. The summed E-state index contributed by atoms with van der Waals surface area (Å²) in [5, 5.41) is 3.49. The van der Waals surface area contributed by atoms with E-state index in [1.807, 2.05) is 39.0 Å². The van der Waals surface area contributed by atoms with Gasteiger partial charge in [0.1, 0.15) is 4.83 Å². The highest BCUT2D eigenvalue weighted by Crippen LogP contribution is 2.28. The van der Waals surface area contributed by atoms with Gasteiger partial charge in [0.25, 0.3) is 11.5 Å². The first-order valence-electron chi connectivity index (χ1n) is 9.43. The van der Waals surface area contributed by atoms with Crippen molar-refractivity contribution < 1.29 is 9.53 Å². The van der Waals surface area contributed by atoms with Gasteiger partial charge in [0.2, 0.25) is 0 Å². The third kappa shape index (κ3) is 3.47. The lowest BCUT2D eigenvalue weighted by Crippen LogP contribution is -2.26. The molecule has 1 unspecified atom stereocenters. The summed E-state index contributed by atoms with van der Waals surface area (Å²) in [5.41, 5.74) is 3.49. The summed E-state index contributed by atoms with van der Waals surface area (Å²) in [7, 11) is 0. The smallest absolute Gasteiger partial charge is 0.266 e. The van der Waals surface area contributed by atoms with E-state index in [9.17, 15) is 9.59 Å². The number of aryl methyl sites for hydroxylation is 3. The summed E-state index contributed by atoms with van der Waals surface area (Å²) in [6, 6.07) is 5.89. The summed E-state index contributed by atoms with van der Waals surface area (Å²) >= 11 is 1.26. The lowest BCUT2D eigenvalue weighted by Gasteiger charge is -2.11. The highest BCUT2D eigenvalue weighted by atomic mass is 32.1. The van der Waals surface area contributed by atoms with E-state index in [0.717, 1.165) is 36.3 Å². The van der Waals surface area contributed by atoms with Crippen LogP contribution in [0, 0.1) is 20.8 Å². The molecular formula is C21H23N3O3S. The monoisotopic (exact) mass is 397 g/mol. The number of aromatic nitrogens is 2. The average Bonchev–Trinajstić information content (AvgIpc) is 3.28. The van der Waals surface area contributed by atoms with Crippen molar-refractivity contribution in [3.05, 3.63) is 56.4 Å². The van der Waals surface area contributed by atoms with E-state index < -0.39 is 0 Å². The minimum Gasteiger partial charge on any atom is -0.376 e. The first-order valence-corrected chi connectivity index (χ1v) is 10.2. The number of hydrogen-bond donors (Lipinski definition) is 1. The Bertz CT molecular complexity index is 1110. The summed E-state index contributed by atoms with van der Waals surface area (Å²) in [6.45, 7) is 7.04. The topological polar surface area (TPSA) is 73.2 Å². The van der Waals surface area contributed by atoms with Crippen LogP contribution in [-0.4, -0.2) is 28.2 Å². The summed E-state index contributed by atoms with van der Waals surface area (Å²) in [5.74, 6) is -0.211. The molecule has 1 saturated heterocycles. The van der Waals surface area contributed by atoms with Crippen LogP contribution < -0.4 is 10.9 Å². The fraction of sp³-hybridized carbons (Fsp3) is 0.381. The maximum Gasteiger partial charge on any atom is 0.266 e. The molecule has 0 aliphatic carbocycles. The third-order valence-corrected chi connectivity index (χ3v) is 6.38. The van der Waals surface area contributed by atoms with E-state index in [1.54, 1.807) is 10.9 Å². The van der Waals surface area contributed by atoms with Crippen molar-refractivity contribution in [3.8, 4) is 0 Å². The highest BCUT2D eigenvalue weighted by molar-refractivity contribution is 7.20. The van der Waals surface area contributed by atoms with Gasteiger partial charge in [-0.25, -0.2) is 4.98 Å². The zero-order valence-electron chi connectivity index (χ0n) is 16.2. The highest BCUT2D eigenvalue weighted by Gasteiger charge is 2.22. The van der Waals surface area contributed by atoms with Crippen LogP contribution in [0.1, 0.15) is 39.2 Å². The number of benzene rings is 1. The molecule has 4 rings (SSSR count). The quantitative estimate of drug-likeness (QED) is 0.726. The average molecular weight is 398 g/mol. The molecule has 1 amide bonds. The lowest BCUT2D eigenvalue weighted by molar-refractivity contribution is 0.0960. The minimum atomic E-state index is -0.211. The molecular weight excluding hydrogens is 374 g/mol. The third-order valence-electron chi connectivity index (χ3n) is 5.18. The van der Waals surface area contributed by atoms with Gasteiger partial charge in [-0.3, -0.25) is 14.2 Å². The van der Waals surface area contributed by atoms with E-state index in [1.165, 1.54) is 11.3 Å². The first kappa shape index (κ1) is 18.8. The SMILES string of the molecule is Cc1ccc(NC(=O)c2sc3ncn(CC4CCCO4)c(=O)c3c2C)c(C)c1. The fourth-order valence-electron chi connectivity index (χ4n) is 3.65. The summed E-state index contributed by atoms with van der Waals surface area (Å²) in [4.78, 5) is 31.4. The van der Waals surface area contributed by atoms with Crippen LogP contribution in [-0.2, 0) is 11.3 Å². The molecule has 1 aliphatic heterocycles. The number of nitrogens with one attached hydrogen (secondary N) is 1.